The van der Waals surface area contributed by atoms with Crippen LogP contribution in [0.3, 0.4) is 0 Å². The SMILES string of the molecule is Cl.O=C(NCCN1CCCCC1)c1ccc2c(c1)C(=O)N(c1ccc(Cl)cc1)C2=O. The predicted molar refractivity (Wildman–Crippen MR) is 119 cm³/mol. The Morgan fingerprint density at radius 2 is 1.60 bits per heavy atom. The number of benzene rings is 2. The fourth-order valence-corrected chi connectivity index (χ4v) is 3.95. The molecule has 158 valence electrons. The maximum Gasteiger partial charge on any atom is 0.266 e. The highest BCUT2D eigenvalue weighted by Gasteiger charge is 2.37. The van der Waals surface area contributed by atoms with Crippen LogP contribution < -0.4 is 10.2 Å². The zero-order chi connectivity index (χ0) is 20.4. The first-order valence-electron chi connectivity index (χ1n) is 9.83. The molecule has 1 N–H and O–H groups in total. The van der Waals surface area contributed by atoms with Gasteiger partial charge in [-0.1, -0.05) is 18.0 Å². The molecule has 8 heteroatoms. The Labute approximate surface area is 186 Å². The number of halogens is 2. The lowest BCUT2D eigenvalue weighted by atomic mass is 10.1. The van der Waals surface area contributed by atoms with Crippen molar-refractivity contribution in [2.75, 3.05) is 31.1 Å². The first-order chi connectivity index (χ1) is 14.0. The number of fused-ring (bicyclic) bond motifs is 1. The van der Waals surface area contributed by atoms with Gasteiger partial charge in [0.15, 0.2) is 0 Å². The molecule has 6 nitrogen and oxygen atoms in total. The van der Waals surface area contributed by atoms with Gasteiger partial charge in [-0.25, -0.2) is 4.90 Å². The average molecular weight is 448 g/mol. The molecule has 0 unspecified atom stereocenters. The molecule has 0 aliphatic carbocycles. The van der Waals surface area contributed by atoms with Gasteiger partial charge in [0.1, 0.15) is 0 Å². The summed E-state index contributed by atoms with van der Waals surface area (Å²) in [5.41, 5.74) is 1.37. The molecule has 0 spiro atoms. The minimum atomic E-state index is -0.435. The minimum absolute atomic E-state index is 0. The Morgan fingerprint density at radius 3 is 2.30 bits per heavy atom. The van der Waals surface area contributed by atoms with Crippen LogP contribution in [0.25, 0.3) is 0 Å². The Bertz CT molecular complexity index is 957. The van der Waals surface area contributed by atoms with Gasteiger partial charge in [0.2, 0.25) is 0 Å². The van der Waals surface area contributed by atoms with Crippen molar-refractivity contribution in [2.24, 2.45) is 0 Å². The molecule has 2 aromatic rings. The van der Waals surface area contributed by atoms with Crippen molar-refractivity contribution in [1.82, 2.24) is 10.2 Å². The van der Waals surface area contributed by atoms with Gasteiger partial charge < -0.3 is 10.2 Å². The van der Waals surface area contributed by atoms with Crippen LogP contribution in [0.2, 0.25) is 5.02 Å². The summed E-state index contributed by atoms with van der Waals surface area (Å²) in [6.45, 7) is 3.52. The number of carbonyl (C=O) groups is 3. The van der Waals surface area contributed by atoms with Crippen molar-refractivity contribution in [1.29, 1.82) is 0 Å². The lowest BCUT2D eigenvalue weighted by Gasteiger charge is -2.26. The third-order valence-corrected chi connectivity index (χ3v) is 5.65. The second-order valence-corrected chi connectivity index (χ2v) is 7.78. The molecule has 0 saturated carbocycles. The Hall–Kier alpha value is -2.41. The zero-order valence-corrected chi connectivity index (χ0v) is 18.0. The van der Waals surface area contributed by atoms with E-state index in [1.54, 1.807) is 36.4 Å². The standard InChI is InChI=1S/C22H22ClN3O3.ClH/c23-16-5-7-17(8-6-16)26-21(28)18-9-4-15(14-19(18)22(26)29)20(27)24-10-13-25-11-2-1-3-12-25;/h4-9,14H,1-3,10-13H2,(H,24,27);1H. The molecule has 0 aromatic heterocycles. The summed E-state index contributed by atoms with van der Waals surface area (Å²) in [7, 11) is 0. The van der Waals surface area contributed by atoms with E-state index in [9.17, 15) is 14.4 Å². The topological polar surface area (TPSA) is 69.7 Å². The number of amides is 3. The van der Waals surface area contributed by atoms with E-state index in [-0.39, 0.29) is 23.9 Å². The first-order valence-corrected chi connectivity index (χ1v) is 10.2. The fourth-order valence-electron chi connectivity index (χ4n) is 3.82. The molecule has 2 aliphatic rings. The molecular weight excluding hydrogens is 425 g/mol. The molecule has 1 saturated heterocycles. The number of rotatable bonds is 5. The van der Waals surface area contributed by atoms with E-state index in [4.69, 9.17) is 11.6 Å². The second kappa shape index (κ2) is 9.60. The van der Waals surface area contributed by atoms with Crippen LogP contribution in [0, 0.1) is 0 Å². The molecule has 0 atom stereocenters. The van der Waals surface area contributed by atoms with Crippen LogP contribution in [-0.4, -0.2) is 48.8 Å². The Balaban J connectivity index is 0.00000256. The Kier molecular flexibility index (Phi) is 7.13. The van der Waals surface area contributed by atoms with E-state index in [1.165, 1.54) is 25.3 Å². The number of nitrogens with zero attached hydrogens (tertiary/aromatic N) is 2. The summed E-state index contributed by atoms with van der Waals surface area (Å²) in [4.78, 5) is 41.5. The summed E-state index contributed by atoms with van der Waals surface area (Å²) in [5, 5.41) is 3.43. The third-order valence-electron chi connectivity index (χ3n) is 5.40. The normalized spacial score (nSPS) is 16.2. The van der Waals surface area contributed by atoms with Gasteiger partial charge >= 0.3 is 0 Å². The highest BCUT2D eigenvalue weighted by molar-refractivity contribution is 6.35. The number of imide groups is 1. The van der Waals surface area contributed by atoms with Gasteiger partial charge in [0.05, 0.1) is 16.8 Å². The highest BCUT2D eigenvalue weighted by Crippen LogP contribution is 2.29. The van der Waals surface area contributed by atoms with Crippen molar-refractivity contribution >= 4 is 47.4 Å². The summed E-state index contributed by atoms with van der Waals surface area (Å²) in [5.74, 6) is -1.07. The minimum Gasteiger partial charge on any atom is -0.351 e. The van der Waals surface area contributed by atoms with Gasteiger partial charge in [0.25, 0.3) is 17.7 Å². The second-order valence-electron chi connectivity index (χ2n) is 7.34. The number of likely N-dealkylation sites (tertiary alicyclic amines) is 1. The molecule has 0 bridgehead atoms. The maximum atomic E-state index is 12.8. The number of hydrogen-bond donors (Lipinski definition) is 1. The maximum absolute atomic E-state index is 12.8. The van der Waals surface area contributed by atoms with Gasteiger partial charge in [-0.2, -0.15) is 0 Å². The van der Waals surface area contributed by atoms with E-state index >= 15 is 0 Å². The van der Waals surface area contributed by atoms with Gasteiger partial charge in [-0.3, -0.25) is 14.4 Å². The van der Waals surface area contributed by atoms with Gasteiger partial charge in [-0.15, -0.1) is 12.4 Å². The first kappa shape index (κ1) is 22.3. The summed E-state index contributed by atoms with van der Waals surface area (Å²) in [6, 6.07) is 11.1. The molecule has 30 heavy (non-hydrogen) atoms. The molecule has 4 rings (SSSR count). The molecule has 0 radical (unpaired) electrons. The van der Waals surface area contributed by atoms with Gasteiger partial charge in [-0.05, 0) is 68.4 Å². The van der Waals surface area contributed by atoms with Crippen molar-refractivity contribution in [2.45, 2.75) is 19.3 Å². The molecule has 2 heterocycles. The molecule has 2 aromatic carbocycles. The highest BCUT2D eigenvalue weighted by atomic mass is 35.5. The van der Waals surface area contributed by atoms with Gasteiger partial charge in [0, 0.05) is 23.7 Å². The zero-order valence-electron chi connectivity index (χ0n) is 16.4. The summed E-state index contributed by atoms with van der Waals surface area (Å²) in [6.07, 6.45) is 3.69. The van der Waals surface area contributed by atoms with Crippen LogP contribution in [0.15, 0.2) is 42.5 Å². The number of hydrogen-bond acceptors (Lipinski definition) is 4. The van der Waals surface area contributed by atoms with E-state index < -0.39 is 11.8 Å². The Morgan fingerprint density at radius 1 is 0.933 bits per heavy atom. The number of anilines is 1. The summed E-state index contributed by atoms with van der Waals surface area (Å²) < 4.78 is 0. The number of piperidine rings is 1. The van der Waals surface area contributed by atoms with E-state index in [2.05, 4.69) is 10.2 Å². The smallest absolute Gasteiger partial charge is 0.266 e. The monoisotopic (exact) mass is 447 g/mol. The van der Waals surface area contributed by atoms with E-state index in [0.29, 0.717) is 28.4 Å². The van der Waals surface area contributed by atoms with Crippen LogP contribution in [-0.2, 0) is 0 Å². The van der Waals surface area contributed by atoms with Crippen molar-refractivity contribution in [3.05, 3.63) is 64.2 Å². The van der Waals surface area contributed by atoms with Crippen LogP contribution in [0.1, 0.15) is 50.3 Å². The average Bonchev–Trinajstić information content (AvgIpc) is 2.99. The number of carbonyl (C=O) groups excluding carboxylic acids is 3. The number of nitrogens with one attached hydrogen (secondary N) is 1. The molecule has 1 fully saturated rings. The van der Waals surface area contributed by atoms with Crippen LogP contribution >= 0.6 is 24.0 Å². The summed E-state index contributed by atoms with van der Waals surface area (Å²) >= 11 is 5.89. The quantitative estimate of drug-likeness (QED) is 0.707. The molecule has 3 amide bonds. The fraction of sp³-hybridized carbons (Fsp3) is 0.318. The molecule has 2 aliphatic heterocycles. The molecular formula is C22H23Cl2N3O3. The van der Waals surface area contributed by atoms with Crippen LogP contribution in [0.5, 0.6) is 0 Å². The van der Waals surface area contributed by atoms with Crippen molar-refractivity contribution in [3.63, 3.8) is 0 Å². The van der Waals surface area contributed by atoms with Crippen LogP contribution in [0.4, 0.5) is 5.69 Å². The van der Waals surface area contributed by atoms with E-state index in [1.807, 2.05) is 0 Å². The largest absolute Gasteiger partial charge is 0.351 e. The van der Waals surface area contributed by atoms with E-state index in [0.717, 1.165) is 24.5 Å². The predicted octanol–water partition coefficient (Wildman–Crippen LogP) is 3.78. The van der Waals surface area contributed by atoms with Crippen molar-refractivity contribution < 1.29 is 14.4 Å². The van der Waals surface area contributed by atoms with Crippen molar-refractivity contribution in [3.8, 4) is 0 Å². The third kappa shape index (κ3) is 4.51. The lowest BCUT2D eigenvalue weighted by Crippen LogP contribution is -2.37. The lowest BCUT2D eigenvalue weighted by molar-refractivity contribution is 0.0923.